The highest BCUT2D eigenvalue weighted by molar-refractivity contribution is 5.88. The zero-order valence-corrected chi connectivity index (χ0v) is 57.3. The summed E-state index contributed by atoms with van der Waals surface area (Å²) >= 11 is 0. The first kappa shape index (κ1) is 73.9. The highest BCUT2D eigenvalue weighted by atomic mass is 16.6. The van der Waals surface area contributed by atoms with E-state index in [0.717, 1.165) is 47.2 Å². The number of nitrogens with zero attached hydrogens (tertiary/aromatic N) is 4. The molecule has 12 heteroatoms. The van der Waals surface area contributed by atoms with Gasteiger partial charge in [0.1, 0.15) is 56.0 Å². The number of carbonyl (C=O) groups excluding carboxylic acids is 4. The molecule has 12 nitrogen and oxygen atoms in total. The summed E-state index contributed by atoms with van der Waals surface area (Å²) < 4.78 is 25.2. The molecule has 0 aliphatic carbocycles. The molecule has 4 aromatic rings. The number of ether oxygens (including phenoxy) is 4. The molecule has 4 rings (SSSR count). The standard InChI is InChI=1S/C76H110N4O8/c1-48(2)64-29-21-60(22-30-64)37-56(17)41-77-68(52(9)10)72(81)85-44-76(47-88-75(84)71(55(15)16)80-59(20)40-63-27-35-67(36-28-63)51(7)8,45-86-73(82)69(53(11)12)78-42-57(18)38-61-23-31-65(32-24-61)49(3)4)46-87-74(83)70(54(13)14)79-43-58(19)39-62-25-33-66(34-26-62)50(5)6/h21-36,41-43,48-58,68-71H,37-40,44-47H2,1-20H3/b77-41-,78-42-,79-43?,80-59+. The van der Waals surface area contributed by atoms with Crippen LogP contribution in [-0.2, 0) is 63.8 Å². The quantitative estimate of drug-likeness (QED) is 0.0250. The first-order valence-corrected chi connectivity index (χ1v) is 32.6. The molecule has 0 heterocycles. The molecular formula is C76H110N4O8. The van der Waals surface area contributed by atoms with E-state index < -0.39 is 79.9 Å². The van der Waals surface area contributed by atoms with Crippen LogP contribution in [0.2, 0.25) is 0 Å². The number of rotatable bonds is 35. The molecule has 0 aliphatic heterocycles. The second kappa shape index (κ2) is 36.2. The van der Waals surface area contributed by atoms with E-state index in [4.69, 9.17) is 38.9 Å². The van der Waals surface area contributed by atoms with Crippen LogP contribution in [0, 0.1) is 46.8 Å². The maximum Gasteiger partial charge on any atom is 0.331 e. The first-order valence-electron chi connectivity index (χ1n) is 32.6. The molecule has 0 fully saturated rings. The Balaban J connectivity index is 1.75. The van der Waals surface area contributed by atoms with Gasteiger partial charge in [-0.25, -0.2) is 19.2 Å². The minimum Gasteiger partial charge on any atom is -0.463 e. The van der Waals surface area contributed by atoms with Gasteiger partial charge in [0.2, 0.25) is 0 Å². The van der Waals surface area contributed by atoms with Crippen LogP contribution in [0.4, 0.5) is 0 Å². The third-order valence-electron chi connectivity index (χ3n) is 16.2. The van der Waals surface area contributed by atoms with Crippen LogP contribution in [0.1, 0.15) is 207 Å². The fourth-order valence-corrected chi connectivity index (χ4v) is 10.2. The first-order chi connectivity index (χ1) is 41.5. The van der Waals surface area contributed by atoms with Gasteiger partial charge in [0, 0.05) is 30.8 Å². The zero-order chi connectivity index (χ0) is 65.4. The van der Waals surface area contributed by atoms with Crippen molar-refractivity contribution in [2.75, 3.05) is 26.4 Å². The largest absolute Gasteiger partial charge is 0.463 e. The fraction of sp³-hybridized carbons (Fsp3) is 0.579. The van der Waals surface area contributed by atoms with Crippen molar-refractivity contribution in [3.8, 4) is 0 Å². The van der Waals surface area contributed by atoms with Crippen molar-refractivity contribution in [1.82, 2.24) is 0 Å². The molecule has 0 aromatic heterocycles. The minimum absolute atomic E-state index is 0.00599. The highest BCUT2D eigenvalue weighted by Crippen LogP contribution is 2.27. The van der Waals surface area contributed by atoms with E-state index in [1.807, 2.05) is 81.0 Å². The summed E-state index contributed by atoms with van der Waals surface area (Å²) in [5.74, 6) is -2.01. The van der Waals surface area contributed by atoms with Crippen molar-refractivity contribution in [3.05, 3.63) is 142 Å². The third-order valence-corrected chi connectivity index (χ3v) is 16.2. The van der Waals surface area contributed by atoms with Crippen LogP contribution in [-0.4, -0.2) is 98.8 Å². The van der Waals surface area contributed by atoms with Gasteiger partial charge in [0.15, 0.2) is 0 Å². The Morgan fingerprint density at radius 2 is 0.580 bits per heavy atom. The van der Waals surface area contributed by atoms with Crippen LogP contribution in [0.25, 0.3) is 0 Å². The van der Waals surface area contributed by atoms with Gasteiger partial charge in [-0.2, -0.15) is 0 Å². The Labute approximate surface area is 530 Å². The van der Waals surface area contributed by atoms with Gasteiger partial charge >= 0.3 is 23.9 Å². The molecule has 482 valence electrons. The number of aliphatic imine (C=N–C) groups is 4. The van der Waals surface area contributed by atoms with Crippen molar-refractivity contribution < 1.29 is 38.1 Å². The van der Waals surface area contributed by atoms with E-state index in [2.05, 4.69) is 173 Å². The molecule has 0 bridgehead atoms. The molecule has 88 heavy (non-hydrogen) atoms. The van der Waals surface area contributed by atoms with Gasteiger partial charge in [-0.3, -0.25) is 20.0 Å². The highest BCUT2D eigenvalue weighted by Gasteiger charge is 2.41. The van der Waals surface area contributed by atoms with Crippen molar-refractivity contribution in [2.24, 2.45) is 66.8 Å². The lowest BCUT2D eigenvalue weighted by atomic mass is 9.91. The van der Waals surface area contributed by atoms with Crippen LogP contribution in [0.5, 0.6) is 0 Å². The van der Waals surface area contributed by atoms with Crippen LogP contribution in [0.15, 0.2) is 117 Å². The molecule has 0 spiro atoms. The van der Waals surface area contributed by atoms with Crippen molar-refractivity contribution >= 4 is 48.2 Å². The maximum absolute atomic E-state index is 14.6. The van der Waals surface area contributed by atoms with E-state index in [0.29, 0.717) is 30.1 Å². The summed E-state index contributed by atoms with van der Waals surface area (Å²) in [6.07, 6.45) is 8.11. The van der Waals surface area contributed by atoms with E-state index in [1.54, 1.807) is 0 Å². The summed E-state index contributed by atoms with van der Waals surface area (Å²) in [6.45, 7) is 38.7. The molecule has 4 aromatic carbocycles. The lowest BCUT2D eigenvalue weighted by Gasteiger charge is -2.33. The summed E-state index contributed by atoms with van der Waals surface area (Å²) in [6, 6.07) is 30.5. The third kappa shape index (κ3) is 24.8. The Bertz CT molecular complexity index is 2640. The molecule has 0 amide bonds. The Hall–Kier alpha value is -6.56. The average molecular weight is 1210 g/mol. The smallest absolute Gasteiger partial charge is 0.331 e. The van der Waals surface area contributed by atoms with Gasteiger partial charge in [-0.1, -0.05) is 229 Å². The van der Waals surface area contributed by atoms with E-state index in [9.17, 15) is 19.2 Å². The summed E-state index contributed by atoms with van der Waals surface area (Å²) in [5.41, 5.74) is 8.68. The van der Waals surface area contributed by atoms with E-state index in [-0.39, 0.29) is 41.4 Å². The van der Waals surface area contributed by atoms with Crippen LogP contribution in [0.3, 0.4) is 0 Å². The van der Waals surface area contributed by atoms with E-state index in [1.165, 1.54) is 22.3 Å². The van der Waals surface area contributed by atoms with Crippen LogP contribution < -0.4 is 0 Å². The fourth-order valence-electron chi connectivity index (χ4n) is 10.2. The topological polar surface area (TPSA) is 155 Å². The Morgan fingerprint density at radius 1 is 0.352 bits per heavy atom. The molecule has 0 N–H and O–H groups in total. The summed E-state index contributed by atoms with van der Waals surface area (Å²) in [5, 5.41) is 0. The number of hydrogen-bond acceptors (Lipinski definition) is 12. The second-order valence-electron chi connectivity index (χ2n) is 27.8. The molecule has 7 atom stereocenters. The number of benzene rings is 4. The van der Waals surface area contributed by atoms with Gasteiger partial charge < -0.3 is 18.9 Å². The molecule has 0 aliphatic rings. The number of hydrogen-bond donors (Lipinski definition) is 0. The van der Waals surface area contributed by atoms with Gasteiger partial charge in [0.05, 0.1) is 0 Å². The molecule has 0 saturated heterocycles. The molecule has 7 unspecified atom stereocenters. The predicted molar refractivity (Wildman–Crippen MR) is 364 cm³/mol. The SMILES string of the molecule is C/C(Cc1ccc(C(C)C)cc1)=N\C(C(=O)OCC(COC(=O)C(N=CC(C)Cc1ccc(C(C)C)cc1)C(C)C)(COC(=O)C(/N=C\C(C)Cc1ccc(C(C)C)cc1)C(C)C)COC(=O)C(/N=C\C(C)Cc1ccc(C(C)C)cc1)C(C)C)C(C)C. The van der Waals surface area contributed by atoms with E-state index >= 15 is 0 Å². The predicted octanol–water partition coefficient (Wildman–Crippen LogP) is 16.3. The van der Waals surface area contributed by atoms with Crippen molar-refractivity contribution in [1.29, 1.82) is 0 Å². The molecule has 0 saturated carbocycles. The Kier molecular flexibility index (Phi) is 30.4. The van der Waals surface area contributed by atoms with Gasteiger partial charge in [-0.15, -0.1) is 0 Å². The monoisotopic (exact) mass is 1210 g/mol. The van der Waals surface area contributed by atoms with Crippen molar-refractivity contribution in [3.63, 3.8) is 0 Å². The van der Waals surface area contributed by atoms with Gasteiger partial charge in [-0.05, 0) is 136 Å². The maximum atomic E-state index is 14.6. The lowest BCUT2D eigenvalue weighted by Crippen LogP contribution is -2.47. The number of carbonyl (C=O) groups is 4. The van der Waals surface area contributed by atoms with Gasteiger partial charge in [0.25, 0.3) is 0 Å². The minimum atomic E-state index is -1.63. The lowest BCUT2D eigenvalue weighted by molar-refractivity contribution is -0.173. The average Bonchev–Trinajstić information content (AvgIpc) is 3.55. The zero-order valence-electron chi connectivity index (χ0n) is 57.3. The Morgan fingerprint density at radius 3 is 0.807 bits per heavy atom. The second-order valence-corrected chi connectivity index (χ2v) is 27.8. The summed E-state index contributed by atoms with van der Waals surface area (Å²) in [7, 11) is 0. The molecule has 0 radical (unpaired) electrons. The summed E-state index contributed by atoms with van der Waals surface area (Å²) in [4.78, 5) is 77.7. The normalized spacial score (nSPS) is 15.7. The molecular weight excluding hydrogens is 1100 g/mol. The van der Waals surface area contributed by atoms with Crippen LogP contribution >= 0.6 is 0 Å². The number of esters is 4. The van der Waals surface area contributed by atoms with Crippen molar-refractivity contribution in [2.45, 2.75) is 212 Å².